The zero-order valence-electron chi connectivity index (χ0n) is 10.1. The van der Waals surface area contributed by atoms with Crippen LogP contribution in [-0.2, 0) is 4.79 Å². The van der Waals surface area contributed by atoms with Gasteiger partial charge in [0.15, 0.2) is 0 Å². The van der Waals surface area contributed by atoms with Crippen molar-refractivity contribution in [1.82, 2.24) is 0 Å². The molecule has 0 bridgehead atoms. The highest BCUT2D eigenvalue weighted by Gasteiger charge is 2.29. The Bertz CT molecular complexity index is 517. The number of benzene rings is 1. The zero-order valence-corrected chi connectivity index (χ0v) is 10.1. The lowest BCUT2D eigenvalue weighted by Gasteiger charge is -2.10. The lowest BCUT2D eigenvalue weighted by atomic mass is 10.1. The Hall–Kier alpha value is -2.02. The second-order valence-electron chi connectivity index (χ2n) is 4.71. The number of nitro groups is 1. The number of halogens is 1. The van der Waals surface area contributed by atoms with Crippen molar-refractivity contribution in [3.05, 3.63) is 34.1 Å². The first-order chi connectivity index (χ1) is 8.95. The van der Waals surface area contributed by atoms with Gasteiger partial charge in [-0.3, -0.25) is 14.9 Å². The Morgan fingerprint density at radius 1 is 1.53 bits per heavy atom. The van der Waals surface area contributed by atoms with Gasteiger partial charge >= 0.3 is 0 Å². The summed E-state index contributed by atoms with van der Waals surface area (Å²) >= 11 is 0. The van der Waals surface area contributed by atoms with Crippen molar-refractivity contribution in [3.8, 4) is 0 Å². The smallest absolute Gasteiger partial charge is 0.274 e. The molecule has 1 amide bonds. The van der Waals surface area contributed by atoms with Gasteiger partial charge in [-0.2, -0.15) is 0 Å². The number of hydrogen-bond donors (Lipinski definition) is 2. The number of hydrogen-bond acceptors (Lipinski definition) is 4. The summed E-state index contributed by atoms with van der Waals surface area (Å²) in [5, 5.41) is 13.0. The van der Waals surface area contributed by atoms with E-state index in [4.69, 9.17) is 5.73 Å². The van der Waals surface area contributed by atoms with E-state index in [-0.39, 0.29) is 24.1 Å². The maximum atomic E-state index is 13.2. The molecule has 1 aromatic carbocycles. The van der Waals surface area contributed by atoms with E-state index in [1.807, 2.05) is 0 Å². The number of nitrogens with zero attached hydrogens (tertiary/aromatic N) is 1. The van der Waals surface area contributed by atoms with Crippen LogP contribution in [0.2, 0.25) is 0 Å². The van der Waals surface area contributed by atoms with Crippen LogP contribution in [0.1, 0.15) is 19.3 Å². The molecular weight excluding hydrogens is 253 g/mol. The van der Waals surface area contributed by atoms with Crippen LogP contribution in [-0.4, -0.2) is 16.9 Å². The fourth-order valence-electron chi connectivity index (χ4n) is 1.87. The number of rotatable bonds is 5. The maximum absolute atomic E-state index is 13.2. The second kappa shape index (κ2) is 5.31. The molecule has 1 aliphatic carbocycles. The molecule has 1 unspecified atom stereocenters. The van der Waals surface area contributed by atoms with E-state index in [9.17, 15) is 19.3 Å². The summed E-state index contributed by atoms with van der Waals surface area (Å²) in [6, 6.07) is 2.74. The molecule has 1 aliphatic rings. The fraction of sp³-hybridized carbons (Fsp3) is 0.417. The normalized spacial score (nSPS) is 15.9. The zero-order chi connectivity index (χ0) is 14.0. The molecule has 0 aliphatic heterocycles. The van der Waals surface area contributed by atoms with Crippen molar-refractivity contribution < 1.29 is 14.1 Å². The number of nitrogens with two attached hydrogens (primary N) is 1. The van der Waals surface area contributed by atoms with Gasteiger partial charge in [-0.1, -0.05) is 0 Å². The number of nitro benzene ring substituents is 1. The van der Waals surface area contributed by atoms with Crippen molar-refractivity contribution in [2.45, 2.75) is 25.3 Å². The summed E-state index contributed by atoms with van der Waals surface area (Å²) < 4.78 is 13.2. The van der Waals surface area contributed by atoms with Gasteiger partial charge in [0, 0.05) is 18.5 Å². The van der Waals surface area contributed by atoms with Crippen molar-refractivity contribution in [2.24, 2.45) is 11.7 Å². The predicted octanol–water partition coefficient (Wildman–Crippen LogP) is 1.80. The van der Waals surface area contributed by atoms with Gasteiger partial charge < -0.3 is 11.1 Å². The predicted molar refractivity (Wildman–Crippen MR) is 67.0 cm³/mol. The van der Waals surface area contributed by atoms with E-state index in [2.05, 4.69) is 5.32 Å². The highest BCUT2D eigenvalue weighted by atomic mass is 19.1. The molecule has 1 fully saturated rings. The lowest BCUT2D eigenvalue weighted by molar-refractivity contribution is -0.385. The lowest BCUT2D eigenvalue weighted by Crippen LogP contribution is -2.28. The van der Waals surface area contributed by atoms with E-state index < -0.39 is 16.4 Å². The Labute approximate surface area is 108 Å². The van der Waals surface area contributed by atoms with E-state index in [1.165, 1.54) is 0 Å². The van der Waals surface area contributed by atoms with Gasteiger partial charge in [0.1, 0.15) is 5.82 Å². The topological polar surface area (TPSA) is 98.3 Å². The number of amides is 1. The van der Waals surface area contributed by atoms with E-state index in [1.54, 1.807) is 0 Å². The van der Waals surface area contributed by atoms with Crippen molar-refractivity contribution in [3.63, 3.8) is 0 Å². The summed E-state index contributed by atoms with van der Waals surface area (Å²) in [7, 11) is 0. The third kappa shape index (κ3) is 3.72. The first kappa shape index (κ1) is 13.4. The van der Waals surface area contributed by atoms with Gasteiger partial charge in [-0.15, -0.1) is 0 Å². The molecule has 1 atom stereocenters. The first-order valence-corrected chi connectivity index (χ1v) is 5.96. The van der Waals surface area contributed by atoms with Crippen LogP contribution in [0.4, 0.5) is 15.8 Å². The molecule has 0 heterocycles. The molecule has 102 valence electrons. The minimum atomic E-state index is -0.768. The van der Waals surface area contributed by atoms with Gasteiger partial charge in [-0.05, 0) is 24.8 Å². The molecule has 3 N–H and O–H groups in total. The minimum Gasteiger partial charge on any atom is -0.327 e. The van der Waals surface area contributed by atoms with Gasteiger partial charge in [0.25, 0.3) is 5.69 Å². The van der Waals surface area contributed by atoms with Gasteiger partial charge in [0.05, 0.1) is 16.7 Å². The summed E-state index contributed by atoms with van der Waals surface area (Å²) in [6.07, 6.45) is 2.19. The van der Waals surface area contributed by atoms with Crippen molar-refractivity contribution in [2.75, 3.05) is 5.32 Å². The molecule has 0 spiro atoms. The highest BCUT2D eigenvalue weighted by molar-refractivity contribution is 5.91. The SMILES string of the molecule is NC(CC(=O)Nc1cc(F)cc([N+](=O)[O-])c1)C1CC1. The summed E-state index contributed by atoms with van der Waals surface area (Å²) in [5.41, 5.74) is 5.47. The maximum Gasteiger partial charge on any atom is 0.274 e. The molecule has 7 heteroatoms. The molecule has 19 heavy (non-hydrogen) atoms. The summed E-state index contributed by atoms with van der Waals surface area (Å²) in [4.78, 5) is 21.5. The third-order valence-corrected chi connectivity index (χ3v) is 3.03. The van der Waals surface area contributed by atoms with Crippen LogP contribution in [0, 0.1) is 21.8 Å². The van der Waals surface area contributed by atoms with E-state index >= 15 is 0 Å². The molecule has 0 radical (unpaired) electrons. The van der Waals surface area contributed by atoms with E-state index in [0.29, 0.717) is 5.92 Å². The molecule has 6 nitrogen and oxygen atoms in total. The van der Waals surface area contributed by atoms with Crippen LogP contribution in [0.25, 0.3) is 0 Å². The third-order valence-electron chi connectivity index (χ3n) is 3.03. The second-order valence-corrected chi connectivity index (χ2v) is 4.71. The van der Waals surface area contributed by atoms with E-state index in [0.717, 1.165) is 31.0 Å². The number of carbonyl (C=O) groups is 1. The molecule has 0 saturated heterocycles. The van der Waals surface area contributed by atoms with Crippen LogP contribution in [0.15, 0.2) is 18.2 Å². The average Bonchev–Trinajstić information content (AvgIpc) is 3.11. The molecule has 2 rings (SSSR count). The standard InChI is InChI=1S/C12H14FN3O3/c13-8-3-9(5-10(4-8)16(18)19)15-12(17)6-11(14)7-1-2-7/h3-5,7,11H,1-2,6,14H2,(H,15,17). The number of carbonyl (C=O) groups excluding carboxylic acids is 1. The monoisotopic (exact) mass is 267 g/mol. The molecule has 0 aromatic heterocycles. The van der Waals surface area contributed by atoms with Crippen LogP contribution in [0.3, 0.4) is 0 Å². The van der Waals surface area contributed by atoms with Gasteiger partial charge in [-0.25, -0.2) is 4.39 Å². The van der Waals surface area contributed by atoms with Crippen LogP contribution < -0.4 is 11.1 Å². The van der Waals surface area contributed by atoms with Crippen molar-refractivity contribution >= 4 is 17.3 Å². The fourth-order valence-corrected chi connectivity index (χ4v) is 1.87. The summed E-state index contributed by atoms with van der Waals surface area (Å²) in [5.74, 6) is -0.747. The first-order valence-electron chi connectivity index (χ1n) is 5.96. The molecular formula is C12H14FN3O3. The largest absolute Gasteiger partial charge is 0.327 e. The number of nitrogens with one attached hydrogen (secondary N) is 1. The average molecular weight is 267 g/mol. The Balaban J connectivity index is 2.01. The molecule has 1 aromatic rings. The van der Waals surface area contributed by atoms with Gasteiger partial charge in [0.2, 0.25) is 5.91 Å². The summed E-state index contributed by atoms with van der Waals surface area (Å²) in [6.45, 7) is 0. The number of non-ortho nitro benzene ring substituents is 1. The Kier molecular flexibility index (Phi) is 3.75. The Morgan fingerprint density at radius 3 is 2.79 bits per heavy atom. The van der Waals surface area contributed by atoms with Crippen LogP contribution >= 0.6 is 0 Å². The van der Waals surface area contributed by atoms with Crippen molar-refractivity contribution in [1.29, 1.82) is 0 Å². The quantitative estimate of drug-likeness (QED) is 0.627. The molecule has 1 saturated carbocycles. The minimum absolute atomic E-state index is 0.0692. The van der Waals surface area contributed by atoms with Crippen LogP contribution in [0.5, 0.6) is 0 Å². The Morgan fingerprint density at radius 2 is 2.21 bits per heavy atom. The highest BCUT2D eigenvalue weighted by Crippen LogP contribution is 2.33. The number of anilines is 1.